The standard InChI is InChI=1S/C11H12BrN3O/c1-3-13-11-14-10(15-16-11)8-5-4-7(2)6-9(8)12/h4-6H,3H2,1-2H3,(H,13,14,15). The Balaban J connectivity index is 2.35. The van der Waals surface area contributed by atoms with Gasteiger partial charge in [-0.15, -0.1) is 0 Å². The van der Waals surface area contributed by atoms with Crippen LogP contribution in [0.25, 0.3) is 11.4 Å². The number of anilines is 1. The van der Waals surface area contributed by atoms with E-state index in [2.05, 4.69) is 31.4 Å². The molecule has 1 N–H and O–H groups in total. The molecule has 0 saturated heterocycles. The van der Waals surface area contributed by atoms with Gasteiger partial charge in [0.15, 0.2) is 0 Å². The SMILES string of the molecule is CCNc1nc(-c2ccc(C)cc2Br)no1. The van der Waals surface area contributed by atoms with E-state index in [-0.39, 0.29) is 0 Å². The molecule has 0 aliphatic heterocycles. The third-order valence-corrected chi connectivity index (χ3v) is 2.78. The van der Waals surface area contributed by atoms with Gasteiger partial charge in [-0.3, -0.25) is 0 Å². The molecular formula is C11H12BrN3O. The van der Waals surface area contributed by atoms with Crippen LogP contribution in [-0.4, -0.2) is 16.7 Å². The summed E-state index contributed by atoms with van der Waals surface area (Å²) in [4.78, 5) is 4.24. The van der Waals surface area contributed by atoms with Crippen LogP contribution in [0.5, 0.6) is 0 Å². The summed E-state index contributed by atoms with van der Waals surface area (Å²) in [6.07, 6.45) is 0. The van der Waals surface area contributed by atoms with Gasteiger partial charge in [0.25, 0.3) is 0 Å². The first-order valence-electron chi connectivity index (χ1n) is 5.05. The maximum Gasteiger partial charge on any atom is 0.321 e. The first kappa shape index (κ1) is 11.1. The lowest BCUT2D eigenvalue weighted by atomic mass is 10.1. The second-order valence-corrected chi connectivity index (χ2v) is 4.29. The third-order valence-electron chi connectivity index (χ3n) is 2.12. The highest BCUT2D eigenvalue weighted by Crippen LogP contribution is 2.27. The summed E-state index contributed by atoms with van der Waals surface area (Å²) in [6, 6.07) is 6.46. The Hall–Kier alpha value is -1.36. The summed E-state index contributed by atoms with van der Waals surface area (Å²) in [7, 11) is 0. The van der Waals surface area contributed by atoms with Crippen molar-refractivity contribution in [2.45, 2.75) is 13.8 Å². The van der Waals surface area contributed by atoms with Gasteiger partial charge in [0.2, 0.25) is 5.82 Å². The smallest absolute Gasteiger partial charge is 0.321 e. The van der Waals surface area contributed by atoms with E-state index in [0.717, 1.165) is 16.6 Å². The number of nitrogens with one attached hydrogen (secondary N) is 1. The minimum Gasteiger partial charge on any atom is -0.338 e. The van der Waals surface area contributed by atoms with E-state index in [1.807, 2.05) is 32.0 Å². The number of halogens is 1. The van der Waals surface area contributed by atoms with Crippen LogP contribution < -0.4 is 5.32 Å². The van der Waals surface area contributed by atoms with E-state index in [9.17, 15) is 0 Å². The van der Waals surface area contributed by atoms with Gasteiger partial charge in [-0.2, -0.15) is 4.98 Å². The fraction of sp³-hybridized carbons (Fsp3) is 0.273. The van der Waals surface area contributed by atoms with Crippen LogP contribution in [0.3, 0.4) is 0 Å². The first-order chi connectivity index (χ1) is 7.70. The summed E-state index contributed by atoms with van der Waals surface area (Å²) in [6.45, 7) is 4.78. The molecule has 0 bridgehead atoms. The van der Waals surface area contributed by atoms with Crippen LogP contribution in [0.4, 0.5) is 6.01 Å². The molecule has 0 radical (unpaired) electrons. The highest BCUT2D eigenvalue weighted by atomic mass is 79.9. The molecule has 4 nitrogen and oxygen atoms in total. The molecule has 84 valence electrons. The summed E-state index contributed by atoms with van der Waals surface area (Å²) < 4.78 is 6.02. The van der Waals surface area contributed by atoms with Gasteiger partial charge >= 0.3 is 6.01 Å². The van der Waals surface area contributed by atoms with E-state index in [0.29, 0.717) is 11.8 Å². The number of rotatable bonds is 3. The Kier molecular flexibility index (Phi) is 3.24. The van der Waals surface area contributed by atoms with Crippen molar-refractivity contribution in [2.24, 2.45) is 0 Å². The van der Waals surface area contributed by atoms with Crippen molar-refractivity contribution in [1.29, 1.82) is 0 Å². The molecule has 2 rings (SSSR count). The number of aromatic nitrogens is 2. The molecular weight excluding hydrogens is 270 g/mol. The molecule has 0 fully saturated rings. The second kappa shape index (κ2) is 4.65. The maximum atomic E-state index is 5.05. The molecule has 0 aliphatic rings. The molecule has 1 aromatic carbocycles. The summed E-state index contributed by atoms with van der Waals surface area (Å²) in [5, 5.41) is 6.89. The predicted molar refractivity (Wildman–Crippen MR) is 66.3 cm³/mol. The van der Waals surface area contributed by atoms with Gasteiger partial charge in [-0.05, 0) is 31.5 Å². The molecule has 1 heterocycles. The fourth-order valence-corrected chi connectivity index (χ4v) is 2.03. The van der Waals surface area contributed by atoms with Crippen molar-refractivity contribution in [3.63, 3.8) is 0 Å². The molecule has 0 atom stereocenters. The van der Waals surface area contributed by atoms with Crippen molar-refractivity contribution in [3.8, 4) is 11.4 Å². The minimum absolute atomic E-state index is 0.449. The maximum absolute atomic E-state index is 5.05. The topological polar surface area (TPSA) is 51.0 Å². The molecule has 0 spiro atoms. The molecule has 1 aromatic heterocycles. The van der Waals surface area contributed by atoms with E-state index >= 15 is 0 Å². The quantitative estimate of drug-likeness (QED) is 0.939. The van der Waals surface area contributed by atoms with Crippen LogP contribution in [0, 0.1) is 6.92 Å². The van der Waals surface area contributed by atoms with Crippen LogP contribution >= 0.6 is 15.9 Å². The molecule has 0 saturated carbocycles. The normalized spacial score (nSPS) is 10.4. The van der Waals surface area contributed by atoms with E-state index in [1.54, 1.807) is 0 Å². The zero-order valence-electron chi connectivity index (χ0n) is 9.12. The number of hydrogen-bond acceptors (Lipinski definition) is 4. The third kappa shape index (κ3) is 2.24. The molecule has 16 heavy (non-hydrogen) atoms. The van der Waals surface area contributed by atoms with Crippen LogP contribution in [0.15, 0.2) is 27.2 Å². The minimum atomic E-state index is 0.449. The Morgan fingerprint density at radius 1 is 1.44 bits per heavy atom. The highest BCUT2D eigenvalue weighted by molar-refractivity contribution is 9.10. The van der Waals surface area contributed by atoms with Crippen molar-refractivity contribution in [2.75, 3.05) is 11.9 Å². The molecule has 0 unspecified atom stereocenters. The lowest BCUT2D eigenvalue weighted by molar-refractivity contribution is 0.432. The van der Waals surface area contributed by atoms with Crippen molar-refractivity contribution in [3.05, 3.63) is 28.2 Å². The number of benzene rings is 1. The van der Waals surface area contributed by atoms with Gasteiger partial charge in [-0.1, -0.05) is 27.2 Å². The summed E-state index contributed by atoms with van der Waals surface area (Å²) in [5.74, 6) is 0.586. The number of aryl methyl sites for hydroxylation is 1. The number of nitrogens with zero attached hydrogens (tertiary/aromatic N) is 2. The highest BCUT2D eigenvalue weighted by Gasteiger charge is 2.10. The van der Waals surface area contributed by atoms with Crippen molar-refractivity contribution in [1.82, 2.24) is 10.1 Å². The molecule has 2 aromatic rings. The molecule has 5 heteroatoms. The average Bonchev–Trinajstić information content (AvgIpc) is 2.67. The van der Waals surface area contributed by atoms with Crippen molar-refractivity contribution >= 4 is 21.9 Å². The Morgan fingerprint density at radius 2 is 2.25 bits per heavy atom. The average molecular weight is 282 g/mol. The summed E-state index contributed by atoms with van der Waals surface area (Å²) in [5.41, 5.74) is 2.12. The largest absolute Gasteiger partial charge is 0.338 e. The Morgan fingerprint density at radius 3 is 2.94 bits per heavy atom. The Labute approximate surface area is 102 Å². The van der Waals surface area contributed by atoms with Gasteiger partial charge < -0.3 is 9.84 Å². The zero-order chi connectivity index (χ0) is 11.5. The van der Waals surface area contributed by atoms with E-state index in [4.69, 9.17) is 4.52 Å². The lowest BCUT2D eigenvalue weighted by Crippen LogP contribution is -1.95. The van der Waals surface area contributed by atoms with Crippen LogP contribution in [-0.2, 0) is 0 Å². The first-order valence-corrected chi connectivity index (χ1v) is 5.84. The van der Waals surface area contributed by atoms with Crippen molar-refractivity contribution < 1.29 is 4.52 Å². The monoisotopic (exact) mass is 281 g/mol. The molecule has 0 aliphatic carbocycles. The second-order valence-electron chi connectivity index (χ2n) is 3.44. The number of hydrogen-bond donors (Lipinski definition) is 1. The van der Waals surface area contributed by atoms with Gasteiger partial charge in [0.1, 0.15) is 0 Å². The van der Waals surface area contributed by atoms with Crippen LogP contribution in [0.1, 0.15) is 12.5 Å². The predicted octanol–water partition coefficient (Wildman–Crippen LogP) is 3.24. The lowest BCUT2D eigenvalue weighted by Gasteiger charge is -1.99. The van der Waals surface area contributed by atoms with E-state index in [1.165, 1.54) is 5.56 Å². The Bertz CT molecular complexity index is 496. The van der Waals surface area contributed by atoms with Gasteiger partial charge in [-0.25, -0.2) is 0 Å². The van der Waals surface area contributed by atoms with Crippen LogP contribution in [0.2, 0.25) is 0 Å². The van der Waals surface area contributed by atoms with E-state index < -0.39 is 0 Å². The fourth-order valence-electron chi connectivity index (χ4n) is 1.36. The van der Waals surface area contributed by atoms with Gasteiger partial charge in [0.05, 0.1) is 0 Å². The molecule has 0 amide bonds. The summed E-state index contributed by atoms with van der Waals surface area (Å²) >= 11 is 3.49. The van der Waals surface area contributed by atoms with Gasteiger partial charge in [0, 0.05) is 16.6 Å². The zero-order valence-corrected chi connectivity index (χ0v) is 10.7.